The van der Waals surface area contributed by atoms with Crippen molar-refractivity contribution in [3.8, 4) is 11.5 Å². The molecule has 0 radical (unpaired) electrons. The van der Waals surface area contributed by atoms with E-state index in [0.717, 1.165) is 0 Å². The Morgan fingerprint density at radius 3 is 2.53 bits per heavy atom. The molecular weight excluding hydrogens is 234 g/mol. The van der Waals surface area contributed by atoms with E-state index < -0.39 is 0 Å². The van der Waals surface area contributed by atoms with Gasteiger partial charge >= 0.3 is 0 Å². The van der Waals surface area contributed by atoms with Crippen LogP contribution in [-0.2, 0) is 0 Å². The highest BCUT2D eigenvalue weighted by Gasteiger charge is 2.07. The quantitative estimate of drug-likeness (QED) is 0.747. The third-order valence-corrected chi connectivity index (χ3v) is 2.45. The lowest BCUT2D eigenvalue weighted by Gasteiger charge is -2.15. The van der Waals surface area contributed by atoms with Gasteiger partial charge in [0.1, 0.15) is 11.5 Å². The topological polar surface area (TPSA) is 21.7 Å². The molecule has 0 aliphatic carbocycles. The first kappa shape index (κ1) is 12.1. The zero-order valence-electron chi connectivity index (χ0n) is 8.78. The molecule has 0 aliphatic heterocycles. The second kappa shape index (κ2) is 5.19. The molecule has 0 spiro atoms. The number of nitrogens with zero attached hydrogens (tertiary/aromatic N) is 1. The van der Waals surface area contributed by atoms with Crippen LogP contribution in [-0.4, -0.2) is 31.3 Å². The Balaban J connectivity index is 2.83. The van der Waals surface area contributed by atoms with E-state index >= 15 is 0 Å². The van der Waals surface area contributed by atoms with Gasteiger partial charge in [-0.2, -0.15) is 0 Å². The number of methoxy groups -OCH3 is 1. The van der Waals surface area contributed by atoms with E-state index in [4.69, 9.17) is 33.3 Å². The Labute approximate surface area is 99.5 Å². The van der Waals surface area contributed by atoms with Crippen LogP contribution in [0.5, 0.6) is 11.5 Å². The molecule has 1 aromatic carbocycles. The third-order valence-electron chi connectivity index (χ3n) is 1.70. The lowest BCUT2D eigenvalue weighted by atomic mass is 10.3. The molecule has 5 heteroatoms. The lowest BCUT2D eigenvalue weighted by Crippen LogP contribution is -2.25. The van der Waals surface area contributed by atoms with E-state index in [1.165, 1.54) is 0 Å². The summed E-state index contributed by atoms with van der Waals surface area (Å²) in [6, 6.07) is 5.16. The average Bonchev–Trinajstić information content (AvgIpc) is 2.20. The smallest absolute Gasteiger partial charge is 0.264 e. The number of hydrogen-bond acceptors (Lipinski definition) is 3. The zero-order valence-corrected chi connectivity index (χ0v) is 10.4. The van der Waals surface area contributed by atoms with Crippen LogP contribution in [0.25, 0.3) is 0 Å². The highest BCUT2D eigenvalue weighted by Crippen LogP contribution is 2.28. The summed E-state index contributed by atoms with van der Waals surface area (Å²) >= 11 is 11.0. The van der Waals surface area contributed by atoms with Gasteiger partial charge in [0.25, 0.3) is 5.17 Å². The van der Waals surface area contributed by atoms with Crippen molar-refractivity contribution in [1.82, 2.24) is 4.90 Å². The number of thiocarbonyl (C=S) groups is 1. The first-order chi connectivity index (χ1) is 7.04. The van der Waals surface area contributed by atoms with Crippen molar-refractivity contribution in [3.63, 3.8) is 0 Å². The van der Waals surface area contributed by atoms with Gasteiger partial charge < -0.3 is 14.4 Å². The Morgan fingerprint density at radius 1 is 1.40 bits per heavy atom. The van der Waals surface area contributed by atoms with Crippen molar-refractivity contribution in [2.75, 3.05) is 21.2 Å². The average molecular weight is 246 g/mol. The minimum Gasteiger partial charge on any atom is -0.497 e. The first-order valence-electron chi connectivity index (χ1n) is 4.27. The van der Waals surface area contributed by atoms with Crippen LogP contribution in [0.4, 0.5) is 0 Å². The first-order valence-corrected chi connectivity index (χ1v) is 5.06. The fourth-order valence-corrected chi connectivity index (χ4v) is 1.18. The molecular formula is C10H12ClNO2S. The summed E-state index contributed by atoms with van der Waals surface area (Å²) < 4.78 is 10.4. The summed E-state index contributed by atoms with van der Waals surface area (Å²) in [6.45, 7) is 0. The van der Waals surface area contributed by atoms with Crippen LogP contribution in [0, 0.1) is 0 Å². The van der Waals surface area contributed by atoms with Gasteiger partial charge in [0.2, 0.25) is 0 Å². The lowest BCUT2D eigenvalue weighted by molar-refractivity contribution is 0.412. The van der Waals surface area contributed by atoms with Crippen LogP contribution >= 0.6 is 23.8 Å². The number of hydrogen-bond donors (Lipinski definition) is 0. The molecule has 0 fully saturated rings. The van der Waals surface area contributed by atoms with Crippen LogP contribution < -0.4 is 9.47 Å². The molecule has 0 heterocycles. The normalized spacial score (nSPS) is 9.60. The van der Waals surface area contributed by atoms with E-state index in [1.54, 1.807) is 44.3 Å². The summed E-state index contributed by atoms with van der Waals surface area (Å²) in [5.74, 6) is 1.21. The van der Waals surface area contributed by atoms with Gasteiger partial charge in [0.15, 0.2) is 0 Å². The Bertz CT molecular complexity index is 368. The maximum atomic E-state index is 5.97. The molecule has 0 aliphatic rings. The Hall–Kier alpha value is -1.00. The Kier molecular flexibility index (Phi) is 4.17. The highest BCUT2D eigenvalue weighted by atomic mass is 35.5. The van der Waals surface area contributed by atoms with E-state index in [-0.39, 0.29) is 0 Å². The molecule has 15 heavy (non-hydrogen) atoms. The molecule has 0 N–H and O–H groups in total. The molecule has 1 aromatic rings. The van der Waals surface area contributed by atoms with Crippen LogP contribution in [0.2, 0.25) is 5.02 Å². The molecule has 0 saturated heterocycles. The summed E-state index contributed by atoms with van der Waals surface area (Å²) in [5, 5.41) is 0.834. The molecule has 0 atom stereocenters. The SMILES string of the molecule is COc1ccc(OC(=S)N(C)C)c(Cl)c1. The zero-order chi connectivity index (χ0) is 11.4. The number of ether oxygens (including phenoxy) is 2. The molecule has 0 aromatic heterocycles. The van der Waals surface area contributed by atoms with Gasteiger partial charge in [-0.05, 0) is 24.4 Å². The van der Waals surface area contributed by atoms with Crippen LogP contribution in [0.1, 0.15) is 0 Å². The predicted octanol–water partition coefficient (Wildman–Crippen LogP) is 2.57. The van der Waals surface area contributed by atoms with Crippen LogP contribution in [0.3, 0.4) is 0 Å². The van der Waals surface area contributed by atoms with E-state index in [2.05, 4.69) is 0 Å². The van der Waals surface area contributed by atoms with Crippen LogP contribution in [0.15, 0.2) is 18.2 Å². The van der Waals surface area contributed by atoms with Gasteiger partial charge in [0.05, 0.1) is 12.1 Å². The molecule has 3 nitrogen and oxygen atoms in total. The minimum absolute atomic E-state index is 0.363. The maximum Gasteiger partial charge on any atom is 0.264 e. The van der Waals surface area contributed by atoms with Crippen molar-refractivity contribution in [2.45, 2.75) is 0 Å². The van der Waals surface area contributed by atoms with Gasteiger partial charge in [-0.1, -0.05) is 11.6 Å². The standard InChI is InChI=1S/C10H12ClNO2S/c1-12(2)10(15)14-9-5-4-7(13-3)6-8(9)11/h4-6H,1-3H3. The van der Waals surface area contributed by atoms with E-state index in [1.807, 2.05) is 0 Å². The fraction of sp³-hybridized carbons (Fsp3) is 0.300. The van der Waals surface area contributed by atoms with Gasteiger partial charge in [0, 0.05) is 20.2 Å². The van der Waals surface area contributed by atoms with Crippen molar-refractivity contribution in [3.05, 3.63) is 23.2 Å². The third kappa shape index (κ3) is 3.25. The van der Waals surface area contributed by atoms with Crippen molar-refractivity contribution >= 4 is 29.0 Å². The van der Waals surface area contributed by atoms with Gasteiger partial charge in [-0.25, -0.2) is 0 Å². The monoisotopic (exact) mass is 245 g/mol. The second-order valence-corrected chi connectivity index (χ2v) is 3.82. The number of benzene rings is 1. The summed E-state index contributed by atoms with van der Waals surface area (Å²) in [4.78, 5) is 1.69. The predicted molar refractivity (Wildman–Crippen MR) is 64.9 cm³/mol. The highest BCUT2D eigenvalue weighted by molar-refractivity contribution is 7.80. The van der Waals surface area contributed by atoms with E-state index in [0.29, 0.717) is 21.7 Å². The molecule has 0 saturated carbocycles. The van der Waals surface area contributed by atoms with E-state index in [9.17, 15) is 0 Å². The Morgan fingerprint density at radius 2 is 2.07 bits per heavy atom. The largest absolute Gasteiger partial charge is 0.497 e. The van der Waals surface area contributed by atoms with Crippen molar-refractivity contribution < 1.29 is 9.47 Å². The van der Waals surface area contributed by atoms with Crippen molar-refractivity contribution in [1.29, 1.82) is 0 Å². The van der Waals surface area contributed by atoms with Crippen molar-refractivity contribution in [2.24, 2.45) is 0 Å². The fourth-order valence-electron chi connectivity index (χ4n) is 0.877. The molecule has 1 rings (SSSR count). The molecule has 82 valence electrons. The van der Waals surface area contributed by atoms with Gasteiger partial charge in [-0.3, -0.25) is 0 Å². The molecule has 0 amide bonds. The summed E-state index contributed by atoms with van der Waals surface area (Å²) in [5.41, 5.74) is 0. The number of rotatable bonds is 2. The molecule has 0 unspecified atom stereocenters. The molecule has 0 bridgehead atoms. The summed E-state index contributed by atoms with van der Waals surface area (Å²) in [7, 11) is 5.19. The summed E-state index contributed by atoms with van der Waals surface area (Å²) in [6.07, 6.45) is 0. The number of halogens is 1. The minimum atomic E-state index is 0.363. The van der Waals surface area contributed by atoms with Gasteiger partial charge in [-0.15, -0.1) is 0 Å². The maximum absolute atomic E-state index is 5.97. The second-order valence-electron chi connectivity index (χ2n) is 3.06.